The van der Waals surface area contributed by atoms with Gasteiger partial charge in [-0.1, -0.05) is 146 Å². The Balaban J connectivity index is 1.13. The fourth-order valence-electron chi connectivity index (χ4n) is 7.72. The zero-order valence-electron chi connectivity index (χ0n) is 32.2. The Morgan fingerprint density at radius 3 is 1.69 bits per heavy atom. The summed E-state index contributed by atoms with van der Waals surface area (Å²) < 4.78 is 39.6. The van der Waals surface area contributed by atoms with E-state index in [2.05, 4.69) is 11.4 Å². The van der Waals surface area contributed by atoms with Crippen LogP contribution in [0, 0.1) is 0 Å². The van der Waals surface area contributed by atoms with Gasteiger partial charge in [-0.25, -0.2) is 4.79 Å². The topological polar surface area (TPSA) is 105 Å². The van der Waals surface area contributed by atoms with Crippen molar-refractivity contribution in [1.29, 1.82) is 0 Å². The van der Waals surface area contributed by atoms with Crippen LogP contribution >= 0.6 is 11.8 Å². The van der Waals surface area contributed by atoms with Gasteiger partial charge in [0.05, 0.1) is 56.8 Å². The number of hydrogen-bond donors (Lipinski definition) is 2. The molecule has 0 radical (unpaired) electrons. The van der Waals surface area contributed by atoms with E-state index in [1.54, 1.807) is 36.0 Å². The minimum Gasteiger partial charge on any atom is -0.452 e. The lowest BCUT2D eigenvalue weighted by Gasteiger charge is -2.45. The highest BCUT2D eigenvalue weighted by molar-refractivity contribution is 8.00. The zero-order chi connectivity index (χ0) is 39.5. The summed E-state index contributed by atoms with van der Waals surface area (Å²) >= 11 is 1.55. The number of hydrogen-bond acceptors (Lipinski definition) is 10. The van der Waals surface area contributed by atoms with Gasteiger partial charge in [-0.05, 0) is 40.0 Å². The zero-order valence-corrected chi connectivity index (χ0v) is 33.0. The maximum atomic E-state index is 13.3. The van der Waals surface area contributed by atoms with Crippen molar-refractivity contribution >= 4 is 17.7 Å². The largest absolute Gasteiger partial charge is 0.452 e. The summed E-state index contributed by atoms with van der Waals surface area (Å²) in [5, 5.41) is 15.8. The third-order valence-electron chi connectivity index (χ3n) is 10.7. The molecule has 8 rings (SSSR count). The van der Waals surface area contributed by atoms with Crippen LogP contribution < -0.4 is 5.32 Å². The monoisotopic (exact) mass is 799 g/mol. The number of carbonyl (C=O) groups excluding carboxylic acids is 1. The molecule has 5 aromatic carbocycles. The summed E-state index contributed by atoms with van der Waals surface area (Å²) in [5.74, 6) is 0.111. The van der Waals surface area contributed by atoms with E-state index in [0.717, 1.165) is 27.8 Å². The lowest BCUT2D eigenvalue weighted by atomic mass is 9.85. The first-order valence-corrected chi connectivity index (χ1v) is 20.9. The number of thioether (sulfide) groups is 1. The van der Waals surface area contributed by atoms with Crippen LogP contribution in [0.1, 0.15) is 32.6 Å². The Bertz CT molecular complexity index is 2040. The molecule has 0 aromatic heterocycles. The second kappa shape index (κ2) is 19.9. The van der Waals surface area contributed by atoms with Crippen molar-refractivity contribution in [2.24, 2.45) is 0 Å². The van der Waals surface area contributed by atoms with Gasteiger partial charge in [-0.15, -0.1) is 11.8 Å². The molecular formula is C48H49NO8S. The number of aliphatic hydroxyl groups is 1. The van der Waals surface area contributed by atoms with Gasteiger partial charge in [0.15, 0.2) is 6.10 Å². The lowest BCUT2D eigenvalue weighted by molar-refractivity contribution is -0.167. The number of rotatable bonds is 17. The summed E-state index contributed by atoms with van der Waals surface area (Å²) in [5.41, 5.74) is 4.92. The highest BCUT2D eigenvalue weighted by Crippen LogP contribution is 2.40. The molecule has 0 saturated carbocycles. The van der Waals surface area contributed by atoms with Gasteiger partial charge in [-0.2, -0.15) is 0 Å². The Hall–Kier alpha value is -4.62. The molecule has 1 aliphatic carbocycles. The number of esters is 1. The van der Waals surface area contributed by atoms with Crippen molar-refractivity contribution in [1.82, 2.24) is 5.32 Å². The van der Waals surface area contributed by atoms with Crippen molar-refractivity contribution < 1.29 is 38.3 Å². The summed E-state index contributed by atoms with van der Waals surface area (Å²) in [7, 11) is 0. The van der Waals surface area contributed by atoms with Gasteiger partial charge in [0.2, 0.25) is 0 Å². The number of fused-ring (bicyclic) bond motifs is 2. The molecular weight excluding hydrogens is 751 g/mol. The lowest BCUT2D eigenvalue weighted by Crippen LogP contribution is -2.66. The molecule has 2 heterocycles. The van der Waals surface area contributed by atoms with Gasteiger partial charge >= 0.3 is 5.97 Å². The van der Waals surface area contributed by atoms with Gasteiger partial charge in [0.1, 0.15) is 29.9 Å². The predicted octanol–water partition coefficient (Wildman–Crippen LogP) is 7.28. The Morgan fingerprint density at radius 1 is 0.621 bits per heavy atom. The quantitative estimate of drug-likeness (QED) is 0.0737. The molecule has 10 heteroatoms. The van der Waals surface area contributed by atoms with Crippen LogP contribution in [0.5, 0.6) is 0 Å². The van der Waals surface area contributed by atoms with E-state index >= 15 is 0 Å². The molecule has 0 spiro atoms. The number of carbonyl (C=O) groups is 1. The number of nitrogens with one attached hydrogen (secondary N) is 1. The summed E-state index contributed by atoms with van der Waals surface area (Å²) in [6, 6.07) is 48.0. The average molecular weight is 800 g/mol. The van der Waals surface area contributed by atoms with Crippen LogP contribution in [0.4, 0.5) is 0 Å². The third-order valence-corrected chi connectivity index (χ3v) is 11.9. The molecule has 0 unspecified atom stereocenters. The normalized spacial score (nSPS) is 26.5. The van der Waals surface area contributed by atoms with E-state index in [4.69, 9.17) is 28.4 Å². The highest BCUT2D eigenvalue weighted by atomic mass is 32.2. The van der Waals surface area contributed by atoms with E-state index < -0.39 is 54.0 Å². The highest BCUT2D eigenvalue weighted by Gasteiger charge is 2.53. The molecule has 0 amide bonds. The Morgan fingerprint density at radius 2 is 1.12 bits per heavy atom. The number of ether oxygens (including phenoxy) is 6. The molecule has 58 heavy (non-hydrogen) atoms. The van der Waals surface area contributed by atoms with Crippen molar-refractivity contribution in [3.63, 3.8) is 0 Å². The number of aliphatic hydroxyl groups excluding tert-OH is 1. The van der Waals surface area contributed by atoms with Crippen molar-refractivity contribution in [2.75, 3.05) is 12.4 Å². The van der Waals surface area contributed by atoms with Crippen LogP contribution in [0.15, 0.2) is 163 Å². The molecule has 2 aliphatic heterocycles. The van der Waals surface area contributed by atoms with Gasteiger partial charge in [0.25, 0.3) is 0 Å². The van der Waals surface area contributed by atoms with Crippen LogP contribution in [0.2, 0.25) is 0 Å². The summed E-state index contributed by atoms with van der Waals surface area (Å²) in [6.45, 7) is 1.66. The summed E-state index contributed by atoms with van der Waals surface area (Å²) in [6.07, 6.45) is -1.93. The van der Waals surface area contributed by atoms with Gasteiger partial charge in [0, 0.05) is 5.75 Å². The van der Waals surface area contributed by atoms with Gasteiger partial charge in [-0.3, -0.25) is 0 Å². The molecule has 2 bridgehead atoms. The smallest absolute Gasteiger partial charge is 0.338 e. The molecule has 2 N–H and O–H groups in total. The molecule has 2 fully saturated rings. The maximum Gasteiger partial charge on any atom is 0.338 e. The van der Waals surface area contributed by atoms with Crippen LogP contribution in [0.25, 0.3) is 0 Å². The maximum absolute atomic E-state index is 13.3. The van der Waals surface area contributed by atoms with E-state index in [1.165, 1.54) is 0 Å². The van der Waals surface area contributed by atoms with Crippen LogP contribution in [0.3, 0.4) is 0 Å². The third kappa shape index (κ3) is 10.1. The molecule has 2 saturated heterocycles. The minimum absolute atomic E-state index is 0.269. The molecule has 9 nitrogen and oxygen atoms in total. The molecule has 3 aliphatic rings. The second-order valence-corrected chi connectivity index (χ2v) is 15.9. The van der Waals surface area contributed by atoms with Crippen molar-refractivity contribution in [3.8, 4) is 0 Å². The molecule has 300 valence electrons. The average Bonchev–Trinajstić information content (AvgIpc) is 3.72. The number of benzene rings is 5. The first-order valence-electron chi connectivity index (χ1n) is 19.8. The minimum atomic E-state index is -1.07. The Labute approximate surface area is 344 Å². The standard InChI is InChI=1S/C48H49NO8S/c50-42-41(40-32-58-48(56-40)45(42)57-47(51)37-24-14-5-15-25-37)49-39-26-38(31-52-27-33-16-6-1-7-17-33)43(53-28-34-18-8-2-9-19-34)46(55-30-36-22-12-4-13-23-36)44(39)54-29-35-20-10-3-11-21-35/h1-26,39-46,48-50H,27-32H2/t39-,40-,41-,42+,43-,44+,45-,46+,48+/m1/s1. The second-order valence-electron chi connectivity index (χ2n) is 14.8. The van der Waals surface area contributed by atoms with Gasteiger partial charge < -0.3 is 38.8 Å². The molecule has 9 atom stereocenters. The molecule has 5 aromatic rings. The van der Waals surface area contributed by atoms with E-state index in [-0.39, 0.29) is 12.7 Å². The fourth-order valence-corrected chi connectivity index (χ4v) is 9.02. The van der Waals surface area contributed by atoms with Crippen molar-refractivity contribution in [3.05, 3.63) is 191 Å². The SMILES string of the molecule is O=C(O[C@@H]1[C@@H](O)[C@H](N[C@@H]2C=C(COCc3ccccc3)[C@@H](OCc3ccccc3)[C@H](OCc3ccccc3)[C@H]2OCc2ccccc2)[C@H]2CS[C@@H]1O2)c1ccccc1. The van der Waals surface area contributed by atoms with Crippen LogP contribution in [-0.4, -0.2) is 77.6 Å². The first kappa shape index (κ1) is 40.2. The van der Waals surface area contributed by atoms with E-state index in [9.17, 15) is 9.90 Å². The Kier molecular flexibility index (Phi) is 13.8. The first-order chi connectivity index (χ1) is 28.6. The van der Waals surface area contributed by atoms with E-state index in [1.807, 2.05) is 127 Å². The fraction of sp³-hybridized carbons (Fsp3) is 0.312. The predicted molar refractivity (Wildman–Crippen MR) is 223 cm³/mol. The van der Waals surface area contributed by atoms with Crippen molar-refractivity contribution in [2.45, 2.75) is 80.6 Å². The van der Waals surface area contributed by atoms with Crippen LogP contribution in [-0.2, 0) is 54.8 Å². The van der Waals surface area contributed by atoms with E-state index in [0.29, 0.717) is 37.7 Å². The summed E-state index contributed by atoms with van der Waals surface area (Å²) in [4.78, 5) is 13.3.